The highest BCUT2D eigenvalue weighted by Gasteiger charge is 2.34. The van der Waals surface area contributed by atoms with Crippen LogP contribution < -0.4 is 0 Å². The van der Waals surface area contributed by atoms with Crippen molar-refractivity contribution < 1.29 is 4.58 Å². The van der Waals surface area contributed by atoms with Crippen molar-refractivity contribution in [3.63, 3.8) is 0 Å². The molecular weight excluding hydrogens is 232 g/mol. The second kappa shape index (κ2) is 4.66. The number of rotatable bonds is 3. The first-order valence-electron chi connectivity index (χ1n) is 7.11. The maximum atomic E-state index is 2.33. The fourth-order valence-electron chi connectivity index (χ4n) is 3.08. The third-order valence-electron chi connectivity index (χ3n) is 4.48. The van der Waals surface area contributed by atoms with Gasteiger partial charge in [-0.1, -0.05) is 26.0 Å². The maximum Gasteiger partial charge on any atom is 0.190 e. The van der Waals surface area contributed by atoms with Gasteiger partial charge in [-0.15, -0.1) is 0 Å². The van der Waals surface area contributed by atoms with Gasteiger partial charge in [0.1, 0.15) is 7.05 Å². The molecule has 0 aromatic carbocycles. The van der Waals surface area contributed by atoms with Crippen molar-refractivity contribution in [3.8, 4) is 0 Å². The summed E-state index contributed by atoms with van der Waals surface area (Å²) in [7, 11) is 4.29. The molecular formula is C17H27N2+. The lowest BCUT2D eigenvalue weighted by atomic mass is 9.84. The Morgan fingerprint density at radius 3 is 2.42 bits per heavy atom. The minimum atomic E-state index is 0.153. The third-order valence-corrected chi connectivity index (χ3v) is 4.48. The van der Waals surface area contributed by atoms with E-state index in [1.54, 1.807) is 0 Å². The molecule has 2 rings (SSSR count). The van der Waals surface area contributed by atoms with Gasteiger partial charge in [0.05, 0.1) is 5.41 Å². The molecule has 0 aromatic heterocycles. The molecule has 2 aliphatic heterocycles. The Kier molecular flexibility index (Phi) is 3.46. The Morgan fingerprint density at radius 2 is 1.95 bits per heavy atom. The summed E-state index contributed by atoms with van der Waals surface area (Å²) in [6, 6.07) is 0.562. The second-order valence-corrected chi connectivity index (χ2v) is 6.99. The predicted molar refractivity (Wildman–Crippen MR) is 82.3 cm³/mol. The first-order valence-corrected chi connectivity index (χ1v) is 7.11. The summed E-state index contributed by atoms with van der Waals surface area (Å²) in [6.07, 6.45) is 14.7. The van der Waals surface area contributed by atoms with E-state index in [9.17, 15) is 0 Å². The smallest absolute Gasteiger partial charge is 0.190 e. The first kappa shape index (κ1) is 14.1. The molecule has 0 N–H and O–H groups in total. The van der Waals surface area contributed by atoms with Crippen LogP contribution >= 0.6 is 0 Å². The summed E-state index contributed by atoms with van der Waals surface area (Å²) in [5.41, 5.74) is 1.79. The lowest BCUT2D eigenvalue weighted by Crippen LogP contribution is -2.33. The van der Waals surface area contributed by atoms with E-state index in [1.165, 1.54) is 5.71 Å². The van der Waals surface area contributed by atoms with E-state index in [1.807, 2.05) is 0 Å². The summed E-state index contributed by atoms with van der Waals surface area (Å²) in [6.45, 7) is 9.15. The molecule has 0 aliphatic carbocycles. The lowest BCUT2D eigenvalue weighted by molar-refractivity contribution is -0.419. The highest BCUT2D eigenvalue weighted by molar-refractivity contribution is 5.97. The molecule has 0 fully saturated rings. The lowest BCUT2D eigenvalue weighted by Gasteiger charge is -2.31. The van der Waals surface area contributed by atoms with Crippen molar-refractivity contribution in [2.75, 3.05) is 14.1 Å². The van der Waals surface area contributed by atoms with E-state index in [4.69, 9.17) is 0 Å². The van der Waals surface area contributed by atoms with E-state index >= 15 is 0 Å². The Bertz CT molecular complexity index is 475. The van der Waals surface area contributed by atoms with Crippen LogP contribution in [-0.2, 0) is 0 Å². The van der Waals surface area contributed by atoms with Crippen LogP contribution in [0.3, 0.4) is 0 Å². The highest BCUT2D eigenvalue weighted by atomic mass is 15.1. The van der Waals surface area contributed by atoms with Crippen LogP contribution in [0.25, 0.3) is 0 Å². The summed E-state index contributed by atoms with van der Waals surface area (Å²) in [4.78, 5) is 2.33. The van der Waals surface area contributed by atoms with Crippen LogP contribution in [0.2, 0.25) is 0 Å². The fraction of sp³-hybridized carbons (Fsp3) is 0.588. The minimum absolute atomic E-state index is 0.153. The van der Waals surface area contributed by atoms with Crippen LogP contribution in [0.1, 0.15) is 34.1 Å². The summed E-state index contributed by atoms with van der Waals surface area (Å²) in [5.74, 6) is 0. The zero-order valence-corrected chi connectivity index (χ0v) is 13.1. The normalized spacial score (nSPS) is 28.1. The van der Waals surface area contributed by atoms with Gasteiger partial charge in [0.15, 0.2) is 11.9 Å². The number of hydrogen-bond acceptors (Lipinski definition) is 1. The molecule has 0 saturated heterocycles. The largest absolute Gasteiger partial charge is 0.377 e. The van der Waals surface area contributed by atoms with Gasteiger partial charge in [0.2, 0.25) is 0 Å². The second-order valence-electron chi connectivity index (χ2n) is 6.99. The zero-order valence-electron chi connectivity index (χ0n) is 13.1. The molecule has 0 amide bonds. The molecule has 0 radical (unpaired) electrons. The Labute approximate surface area is 117 Å². The molecule has 2 nitrogen and oxygen atoms in total. The predicted octanol–water partition coefficient (Wildman–Crippen LogP) is 3.42. The van der Waals surface area contributed by atoms with Crippen LogP contribution in [0.4, 0.5) is 0 Å². The van der Waals surface area contributed by atoms with Gasteiger partial charge in [0, 0.05) is 24.6 Å². The van der Waals surface area contributed by atoms with Gasteiger partial charge < -0.3 is 4.90 Å². The van der Waals surface area contributed by atoms with E-state index < -0.39 is 0 Å². The molecule has 0 spiro atoms. The van der Waals surface area contributed by atoms with E-state index in [0.29, 0.717) is 6.04 Å². The van der Waals surface area contributed by atoms with Crippen molar-refractivity contribution in [1.82, 2.24) is 4.90 Å². The average Bonchev–Trinajstić information content (AvgIpc) is 2.71. The van der Waals surface area contributed by atoms with Gasteiger partial charge in [-0.25, -0.2) is 4.58 Å². The monoisotopic (exact) mass is 259 g/mol. The van der Waals surface area contributed by atoms with Crippen molar-refractivity contribution in [2.24, 2.45) is 10.8 Å². The van der Waals surface area contributed by atoms with Gasteiger partial charge >= 0.3 is 0 Å². The minimum Gasteiger partial charge on any atom is -0.377 e. The third kappa shape index (κ3) is 2.68. The molecule has 0 bridgehead atoms. The summed E-state index contributed by atoms with van der Waals surface area (Å²) >= 11 is 0. The Hall–Kier alpha value is -1.31. The van der Waals surface area contributed by atoms with Crippen molar-refractivity contribution in [1.29, 1.82) is 0 Å². The molecule has 1 atom stereocenters. The maximum absolute atomic E-state index is 2.33. The number of allylic oxidation sites excluding steroid dienone is 2. The van der Waals surface area contributed by atoms with E-state index in [-0.39, 0.29) is 10.8 Å². The number of hydrogen-bond donors (Lipinski definition) is 0. The number of nitrogens with zero attached hydrogens (tertiary/aromatic N) is 2. The van der Waals surface area contributed by atoms with E-state index in [0.717, 1.165) is 6.42 Å². The van der Waals surface area contributed by atoms with Crippen LogP contribution in [0.5, 0.6) is 0 Å². The fourth-order valence-corrected chi connectivity index (χ4v) is 3.08. The standard InChI is InChI=1S/C17H27N2/c1-16(2)10-12-18(5)14(16)8-7-9-15-17(3,4)11-13-19(15)6/h7-8,10-13,15H,9H2,1-6H3/q+1. The van der Waals surface area contributed by atoms with Gasteiger partial charge in [-0.05, 0) is 32.5 Å². The summed E-state index contributed by atoms with van der Waals surface area (Å²) in [5, 5.41) is 0. The van der Waals surface area contributed by atoms with Gasteiger partial charge in [0.25, 0.3) is 0 Å². The van der Waals surface area contributed by atoms with Crippen LogP contribution in [0, 0.1) is 10.8 Å². The molecule has 2 heteroatoms. The van der Waals surface area contributed by atoms with E-state index in [2.05, 4.69) is 88.0 Å². The van der Waals surface area contributed by atoms with Gasteiger partial charge in [-0.2, -0.15) is 0 Å². The van der Waals surface area contributed by atoms with Crippen molar-refractivity contribution >= 4 is 5.71 Å². The van der Waals surface area contributed by atoms with Crippen molar-refractivity contribution in [3.05, 3.63) is 36.7 Å². The van der Waals surface area contributed by atoms with Crippen LogP contribution in [-0.4, -0.2) is 35.3 Å². The summed E-state index contributed by atoms with van der Waals surface area (Å²) < 4.78 is 2.22. The Balaban J connectivity index is 2.04. The van der Waals surface area contributed by atoms with Gasteiger partial charge in [-0.3, -0.25) is 0 Å². The Morgan fingerprint density at radius 1 is 1.26 bits per heavy atom. The topological polar surface area (TPSA) is 6.25 Å². The molecule has 1 unspecified atom stereocenters. The van der Waals surface area contributed by atoms with Crippen LogP contribution in [0.15, 0.2) is 36.7 Å². The molecule has 2 heterocycles. The van der Waals surface area contributed by atoms with Crippen molar-refractivity contribution in [2.45, 2.75) is 40.2 Å². The quantitative estimate of drug-likeness (QED) is 0.704. The molecule has 19 heavy (non-hydrogen) atoms. The first-order chi connectivity index (χ1) is 8.74. The SMILES string of the molecule is CN1C=CC(C)(C)C1CC=CC1=[N+](C)C=CC1(C)C. The average molecular weight is 259 g/mol. The molecule has 2 aliphatic rings. The molecule has 104 valence electrons. The zero-order chi connectivity index (χ0) is 14.3. The molecule has 0 saturated carbocycles. The molecule has 0 aromatic rings. The highest BCUT2D eigenvalue weighted by Crippen LogP contribution is 2.34.